The van der Waals surface area contributed by atoms with Crippen LogP contribution in [0.3, 0.4) is 0 Å². The molecule has 114 valence electrons. The number of imidazole rings is 1. The van der Waals surface area contributed by atoms with Crippen molar-refractivity contribution in [3.8, 4) is 17.0 Å². The number of nitrogens with one attached hydrogen (secondary N) is 2. The molecule has 2 aromatic heterocycles. The topological polar surface area (TPSA) is 67.8 Å². The monoisotopic (exact) mass is 297 g/mol. The molecule has 0 saturated carbocycles. The first kappa shape index (κ1) is 14.2. The van der Waals surface area contributed by atoms with E-state index in [1.54, 1.807) is 7.11 Å². The molecular weight excluding hydrogens is 278 g/mol. The summed E-state index contributed by atoms with van der Waals surface area (Å²) < 4.78 is 7.23. The van der Waals surface area contributed by atoms with Crippen LogP contribution < -0.4 is 10.1 Å². The summed E-state index contributed by atoms with van der Waals surface area (Å²) in [5.41, 5.74) is 4.35. The molecule has 2 N–H and O–H groups in total. The molecule has 3 aromatic rings. The van der Waals surface area contributed by atoms with Crippen molar-refractivity contribution in [1.29, 1.82) is 0 Å². The molecule has 1 aromatic carbocycles. The summed E-state index contributed by atoms with van der Waals surface area (Å²) in [6.45, 7) is 2.69. The fourth-order valence-corrected chi connectivity index (χ4v) is 2.33. The van der Waals surface area contributed by atoms with Gasteiger partial charge in [-0.05, 0) is 31.2 Å². The van der Waals surface area contributed by atoms with E-state index in [0.717, 1.165) is 34.2 Å². The molecule has 0 radical (unpaired) electrons. The second kappa shape index (κ2) is 5.93. The van der Waals surface area contributed by atoms with Gasteiger partial charge in [-0.2, -0.15) is 5.10 Å². The lowest BCUT2D eigenvalue weighted by Gasteiger charge is -2.08. The first-order valence-electron chi connectivity index (χ1n) is 7.08. The molecular formula is C16H19N5O. The van der Waals surface area contributed by atoms with Crippen molar-refractivity contribution >= 4 is 5.95 Å². The van der Waals surface area contributed by atoms with Crippen molar-refractivity contribution in [3.05, 3.63) is 47.9 Å². The van der Waals surface area contributed by atoms with Crippen LogP contribution in [-0.2, 0) is 13.6 Å². The molecule has 0 aliphatic rings. The maximum atomic E-state index is 5.19. The SMILES string of the molecule is COc1ccc(-c2cnc(NCc3cn[nH]c3C)n2C)cc1. The van der Waals surface area contributed by atoms with E-state index in [2.05, 4.69) is 20.5 Å². The Bertz CT molecular complexity index is 757. The fraction of sp³-hybridized carbons (Fsp3) is 0.250. The number of nitrogens with zero attached hydrogens (tertiary/aromatic N) is 3. The number of aromatic nitrogens is 4. The van der Waals surface area contributed by atoms with Crippen LogP contribution in [0.5, 0.6) is 5.75 Å². The van der Waals surface area contributed by atoms with Crippen LogP contribution in [0.2, 0.25) is 0 Å². The Morgan fingerprint density at radius 1 is 1.23 bits per heavy atom. The van der Waals surface area contributed by atoms with Gasteiger partial charge in [0, 0.05) is 30.4 Å². The summed E-state index contributed by atoms with van der Waals surface area (Å²) in [5.74, 6) is 1.67. The zero-order valence-corrected chi connectivity index (χ0v) is 12.9. The lowest BCUT2D eigenvalue weighted by Crippen LogP contribution is -2.06. The van der Waals surface area contributed by atoms with Crippen LogP contribution in [0.25, 0.3) is 11.3 Å². The van der Waals surface area contributed by atoms with Gasteiger partial charge in [-0.25, -0.2) is 4.98 Å². The van der Waals surface area contributed by atoms with Gasteiger partial charge in [-0.1, -0.05) is 0 Å². The van der Waals surface area contributed by atoms with Crippen LogP contribution in [0.15, 0.2) is 36.7 Å². The number of methoxy groups -OCH3 is 1. The molecule has 3 rings (SSSR count). The maximum Gasteiger partial charge on any atom is 0.203 e. The van der Waals surface area contributed by atoms with Gasteiger partial charge in [-0.3, -0.25) is 5.10 Å². The smallest absolute Gasteiger partial charge is 0.203 e. The van der Waals surface area contributed by atoms with Crippen LogP contribution in [0.1, 0.15) is 11.3 Å². The minimum atomic E-state index is 0.690. The van der Waals surface area contributed by atoms with E-state index in [0.29, 0.717) is 6.54 Å². The molecule has 0 aliphatic heterocycles. The third-order valence-corrected chi connectivity index (χ3v) is 3.75. The van der Waals surface area contributed by atoms with Crippen molar-refractivity contribution < 1.29 is 4.74 Å². The molecule has 0 aliphatic carbocycles. The van der Waals surface area contributed by atoms with Crippen molar-refractivity contribution in [1.82, 2.24) is 19.7 Å². The number of H-pyrrole nitrogens is 1. The summed E-state index contributed by atoms with van der Waals surface area (Å²) in [5, 5.41) is 10.3. The van der Waals surface area contributed by atoms with Crippen LogP contribution in [0.4, 0.5) is 5.95 Å². The second-order valence-corrected chi connectivity index (χ2v) is 5.13. The minimum Gasteiger partial charge on any atom is -0.497 e. The molecule has 22 heavy (non-hydrogen) atoms. The van der Waals surface area contributed by atoms with E-state index in [4.69, 9.17) is 4.74 Å². The van der Waals surface area contributed by atoms with Crippen molar-refractivity contribution in [2.75, 3.05) is 12.4 Å². The number of rotatable bonds is 5. The highest BCUT2D eigenvalue weighted by atomic mass is 16.5. The number of hydrogen-bond acceptors (Lipinski definition) is 4. The quantitative estimate of drug-likeness (QED) is 0.760. The average molecular weight is 297 g/mol. The Balaban J connectivity index is 1.77. The molecule has 0 spiro atoms. The fourth-order valence-electron chi connectivity index (χ4n) is 2.33. The summed E-state index contributed by atoms with van der Waals surface area (Å²) in [6, 6.07) is 7.95. The van der Waals surface area contributed by atoms with Crippen LogP contribution in [0, 0.1) is 6.92 Å². The third kappa shape index (κ3) is 2.67. The lowest BCUT2D eigenvalue weighted by atomic mass is 10.1. The van der Waals surface area contributed by atoms with Crippen molar-refractivity contribution in [2.24, 2.45) is 7.05 Å². The maximum absolute atomic E-state index is 5.19. The first-order chi connectivity index (χ1) is 10.7. The Morgan fingerprint density at radius 2 is 2.00 bits per heavy atom. The molecule has 0 unspecified atom stereocenters. The zero-order valence-electron chi connectivity index (χ0n) is 12.9. The molecule has 0 bridgehead atoms. The molecule has 6 nitrogen and oxygen atoms in total. The Kier molecular flexibility index (Phi) is 3.82. The van der Waals surface area contributed by atoms with Gasteiger partial charge in [0.05, 0.1) is 25.2 Å². The largest absolute Gasteiger partial charge is 0.497 e. The highest BCUT2D eigenvalue weighted by Gasteiger charge is 2.09. The summed E-state index contributed by atoms with van der Waals surface area (Å²) in [4.78, 5) is 4.45. The number of anilines is 1. The first-order valence-corrected chi connectivity index (χ1v) is 7.08. The molecule has 0 atom stereocenters. The number of hydrogen-bond donors (Lipinski definition) is 2. The van der Waals surface area contributed by atoms with E-state index in [1.807, 2.05) is 55.2 Å². The number of benzene rings is 1. The molecule has 0 fully saturated rings. The van der Waals surface area contributed by atoms with Crippen LogP contribution >= 0.6 is 0 Å². The minimum absolute atomic E-state index is 0.690. The van der Waals surface area contributed by atoms with Crippen LogP contribution in [-0.4, -0.2) is 26.9 Å². The van der Waals surface area contributed by atoms with Gasteiger partial charge >= 0.3 is 0 Å². The van der Waals surface area contributed by atoms with Crippen molar-refractivity contribution in [3.63, 3.8) is 0 Å². The molecule has 2 heterocycles. The van der Waals surface area contributed by atoms with Gasteiger partial charge in [0.15, 0.2) is 0 Å². The van der Waals surface area contributed by atoms with Gasteiger partial charge < -0.3 is 14.6 Å². The number of aromatic amines is 1. The highest BCUT2D eigenvalue weighted by Crippen LogP contribution is 2.24. The third-order valence-electron chi connectivity index (χ3n) is 3.75. The van der Waals surface area contributed by atoms with E-state index in [1.165, 1.54) is 0 Å². The van der Waals surface area contributed by atoms with E-state index < -0.39 is 0 Å². The Hall–Kier alpha value is -2.76. The number of aryl methyl sites for hydroxylation is 1. The van der Waals surface area contributed by atoms with Gasteiger partial charge in [0.25, 0.3) is 0 Å². The predicted molar refractivity (Wildman–Crippen MR) is 85.8 cm³/mol. The molecule has 6 heteroatoms. The lowest BCUT2D eigenvalue weighted by molar-refractivity contribution is 0.415. The molecule has 0 amide bonds. The zero-order chi connectivity index (χ0) is 15.5. The van der Waals surface area contributed by atoms with E-state index in [9.17, 15) is 0 Å². The second-order valence-electron chi connectivity index (χ2n) is 5.13. The Labute approximate surface area is 129 Å². The van der Waals surface area contributed by atoms with E-state index >= 15 is 0 Å². The summed E-state index contributed by atoms with van der Waals surface area (Å²) >= 11 is 0. The van der Waals surface area contributed by atoms with Gasteiger partial charge in [-0.15, -0.1) is 0 Å². The predicted octanol–water partition coefficient (Wildman–Crippen LogP) is 2.74. The average Bonchev–Trinajstić information content (AvgIpc) is 3.11. The van der Waals surface area contributed by atoms with Crippen molar-refractivity contribution in [2.45, 2.75) is 13.5 Å². The van der Waals surface area contributed by atoms with Gasteiger partial charge in [0.1, 0.15) is 5.75 Å². The normalized spacial score (nSPS) is 10.7. The Morgan fingerprint density at radius 3 is 2.64 bits per heavy atom. The molecule has 0 saturated heterocycles. The van der Waals surface area contributed by atoms with Gasteiger partial charge in [0.2, 0.25) is 5.95 Å². The standard InChI is InChI=1S/C16H19N5O/c1-11-13(9-19-20-11)8-17-16-18-10-15(21(16)2)12-4-6-14(22-3)7-5-12/h4-7,9-10H,8H2,1-3H3,(H,17,18)(H,19,20). The van der Waals surface area contributed by atoms with E-state index in [-0.39, 0.29) is 0 Å². The summed E-state index contributed by atoms with van der Waals surface area (Å²) in [6.07, 6.45) is 3.70. The number of ether oxygens (including phenoxy) is 1. The highest BCUT2D eigenvalue weighted by molar-refractivity contribution is 5.62. The summed E-state index contributed by atoms with van der Waals surface area (Å²) in [7, 11) is 3.66.